The molecule has 9 nitrogen and oxygen atoms in total. The van der Waals surface area contributed by atoms with Crippen LogP contribution in [-0.2, 0) is 16.4 Å². The first-order chi connectivity index (χ1) is 14.3. The second-order valence-electron chi connectivity index (χ2n) is 8.06. The van der Waals surface area contributed by atoms with E-state index in [1.165, 1.54) is 12.1 Å². The third-order valence-electron chi connectivity index (χ3n) is 5.69. The Kier molecular flexibility index (Phi) is 7.09. The number of nitrogens with one attached hydrogen (secondary N) is 3. The number of aromatic nitrogens is 2. The summed E-state index contributed by atoms with van der Waals surface area (Å²) in [5, 5.41) is 21.4. The minimum atomic E-state index is -3.80. The molecule has 0 saturated heterocycles. The smallest absolute Gasteiger partial charge is 0.293 e. The van der Waals surface area contributed by atoms with Crippen molar-refractivity contribution in [3.05, 3.63) is 45.8 Å². The number of aromatic amines is 1. The Morgan fingerprint density at radius 2 is 2.00 bits per heavy atom. The number of rotatable bonds is 9. The maximum Gasteiger partial charge on any atom is 0.293 e. The van der Waals surface area contributed by atoms with Gasteiger partial charge in [0.05, 0.1) is 16.0 Å². The molecular formula is C20H29N5O4S. The Morgan fingerprint density at radius 3 is 2.63 bits per heavy atom. The number of anilines is 1. The Hall–Kier alpha value is -2.46. The van der Waals surface area contributed by atoms with Crippen LogP contribution in [0.15, 0.2) is 29.3 Å². The minimum absolute atomic E-state index is 0.0765. The average Bonchev–Trinajstić information content (AvgIpc) is 3.11. The van der Waals surface area contributed by atoms with Crippen molar-refractivity contribution in [3.8, 4) is 0 Å². The van der Waals surface area contributed by atoms with Crippen LogP contribution < -0.4 is 10.0 Å². The fourth-order valence-corrected chi connectivity index (χ4v) is 5.10. The van der Waals surface area contributed by atoms with Crippen LogP contribution in [-0.4, -0.2) is 36.1 Å². The van der Waals surface area contributed by atoms with Crippen LogP contribution in [0.1, 0.15) is 50.3 Å². The molecule has 1 heterocycles. The quantitative estimate of drug-likeness (QED) is 0.314. The van der Waals surface area contributed by atoms with Gasteiger partial charge >= 0.3 is 0 Å². The number of aryl methyl sites for hydroxylation is 2. The molecule has 0 amide bonds. The van der Waals surface area contributed by atoms with E-state index in [9.17, 15) is 18.5 Å². The van der Waals surface area contributed by atoms with Crippen LogP contribution in [0.5, 0.6) is 0 Å². The van der Waals surface area contributed by atoms with Gasteiger partial charge in [0.25, 0.3) is 5.69 Å². The lowest BCUT2D eigenvalue weighted by molar-refractivity contribution is -0.384. The molecule has 0 unspecified atom stereocenters. The van der Waals surface area contributed by atoms with Crippen molar-refractivity contribution in [2.24, 2.45) is 5.92 Å². The molecular weight excluding hydrogens is 406 g/mol. The lowest BCUT2D eigenvalue weighted by Gasteiger charge is -2.26. The molecule has 0 radical (unpaired) electrons. The van der Waals surface area contributed by atoms with Gasteiger partial charge in [0, 0.05) is 24.3 Å². The van der Waals surface area contributed by atoms with Crippen molar-refractivity contribution in [2.45, 2.75) is 63.3 Å². The van der Waals surface area contributed by atoms with Crippen LogP contribution in [0.2, 0.25) is 0 Å². The number of nitrogens with zero attached hydrogens (tertiary/aromatic N) is 2. The number of nitro groups is 1. The van der Waals surface area contributed by atoms with E-state index >= 15 is 0 Å². The normalized spacial score (nSPS) is 19.5. The number of hydrogen-bond donors (Lipinski definition) is 3. The van der Waals surface area contributed by atoms with Crippen molar-refractivity contribution >= 4 is 21.4 Å². The topological polar surface area (TPSA) is 130 Å². The van der Waals surface area contributed by atoms with E-state index in [-0.39, 0.29) is 16.6 Å². The first-order valence-corrected chi connectivity index (χ1v) is 11.8. The summed E-state index contributed by atoms with van der Waals surface area (Å²) in [7, 11) is -3.80. The molecule has 164 valence electrons. The van der Waals surface area contributed by atoms with Crippen molar-refractivity contribution in [1.29, 1.82) is 0 Å². The molecule has 1 aromatic carbocycles. The zero-order chi connectivity index (χ0) is 21.7. The molecule has 30 heavy (non-hydrogen) atoms. The highest BCUT2D eigenvalue weighted by atomic mass is 32.2. The minimum Gasteiger partial charge on any atom is -0.379 e. The summed E-state index contributed by atoms with van der Waals surface area (Å²) in [6.07, 6.45) is 6.87. The fraction of sp³-hybridized carbons (Fsp3) is 0.550. The van der Waals surface area contributed by atoms with Crippen molar-refractivity contribution in [3.63, 3.8) is 0 Å². The number of sulfonamides is 1. The molecule has 0 bridgehead atoms. The SMILES string of the molecule is Cc1[nH]ncc1CCCNc1ccc(S(=O)(=O)NC2CCC(C)CC2)cc1[N+](=O)[O-]. The zero-order valence-electron chi connectivity index (χ0n) is 17.3. The second kappa shape index (κ2) is 9.57. The highest BCUT2D eigenvalue weighted by Gasteiger charge is 2.26. The van der Waals surface area contributed by atoms with E-state index in [0.29, 0.717) is 18.2 Å². The largest absolute Gasteiger partial charge is 0.379 e. The molecule has 1 aromatic heterocycles. The number of hydrogen-bond acceptors (Lipinski definition) is 6. The van der Waals surface area contributed by atoms with E-state index < -0.39 is 14.9 Å². The molecule has 1 fully saturated rings. The van der Waals surface area contributed by atoms with Crippen LogP contribution in [0.25, 0.3) is 0 Å². The van der Waals surface area contributed by atoms with Gasteiger partial charge in [-0.1, -0.05) is 6.92 Å². The molecule has 2 aromatic rings. The number of H-pyrrole nitrogens is 1. The van der Waals surface area contributed by atoms with E-state index in [2.05, 4.69) is 27.2 Å². The summed E-state index contributed by atoms with van der Waals surface area (Å²) in [6, 6.07) is 3.91. The van der Waals surface area contributed by atoms with Gasteiger partial charge in [0.2, 0.25) is 10.0 Å². The van der Waals surface area contributed by atoms with Gasteiger partial charge in [-0.05, 0) is 69.1 Å². The molecule has 0 atom stereocenters. The van der Waals surface area contributed by atoms with Gasteiger partial charge < -0.3 is 5.32 Å². The summed E-state index contributed by atoms with van der Waals surface area (Å²) in [5.74, 6) is 0.606. The van der Waals surface area contributed by atoms with Crippen LogP contribution in [0.4, 0.5) is 11.4 Å². The van der Waals surface area contributed by atoms with Crippen molar-refractivity contribution in [2.75, 3.05) is 11.9 Å². The van der Waals surface area contributed by atoms with Crippen LogP contribution in [0, 0.1) is 23.0 Å². The van der Waals surface area contributed by atoms with E-state index in [0.717, 1.165) is 55.8 Å². The monoisotopic (exact) mass is 435 g/mol. The summed E-state index contributed by atoms with van der Waals surface area (Å²) < 4.78 is 28.2. The molecule has 10 heteroatoms. The lowest BCUT2D eigenvalue weighted by atomic mass is 9.88. The maximum atomic E-state index is 12.7. The zero-order valence-corrected chi connectivity index (χ0v) is 18.2. The van der Waals surface area contributed by atoms with E-state index in [1.54, 1.807) is 6.20 Å². The predicted molar refractivity (Wildman–Crippen MR) is 115 cm³/mol. The predicted octanol–water partition coefficient (Wildman–Crippen LogP) is 3.53. The molecule has 1 aliphatic rings. The average molecular weight is 436 g/mol. The van der Waals surface area contributed by atoms with Crippen LogP contribution in [0.3, 0.4) is 0 Å². The Balaban J connectivity index is 1.65. The molecule has 1 saturated carbocycles. The van der Waals surface area contributed by atoms with Gasteiger partial charge in [-0.25, -0.2) is 13.1 Å². The van der Waals surface area contributed by atoms with Crippen molar-refractivity contribution < 1.29 is 13.3 Å². The highest BCUT2D eigenvalue weighted by molar-refractivity contribution is 7.89. The van der Waals surface area contributed by atoms with E-state index in [1.807, 2.05) is 6.92 Å². The third-order valence-corrected chi connectivity index (χ3v) is 7.20. The maximum absolute atomic E-state index is 12.7. The van der Waals surface area contributed by atoms with Gasteiger partial charge in [0.1, 0.15) is 5.69 Å². The number of nitro benzene ring substituents is 1. The summed E-state index contributed by atoms with van der Waals surface area (Å²) >= 11 is 0. The van der Waals surface area contributed by atoms with Gasteiger partial charge in [-0.2, -0.15) is 5.10 Å². The van der Waals surface area contributed by atoms with Gasteiger partial charge in [0.15, 0.2) is 0 Å². The Morgan fingerprint density at radius 1 is 1.27 bits per heavy atom. The first-order valence-electron chi connectivity index (χ1n) is 10.3. The molecule has 1 aliphatic carbocycles. The third kappa shape index (κ3) is 5.57. The Bertz CT molecular complexity index is 981. The Labute approximate surface area is 176 Å². The van der Waals surface area contributed by atoms with Gasteiger partial charge in [-0.15, -0.1) is 0 Å². The van der Waals surface area contributed by atoms with Crippen molar-refractivity contribution in [1.82, 2.24) is 14.9 Å². The summed E-state index contributed by atoms with van der Waals surface area (Å²) in [5.41, 5.74) is 2.19. The molecule has 3 N–H and O–H groups in total. The standard InChI is InChI=1S/C20H29N5O4S/c1-14-5-7-17(8-6-14)24-30(28,29)18-9-10-19(20(12-18)25(26)27)21-11-3-4-16-13-22-23-15(16)2/h9-10,12-14,17,21,24H,3-8,11H2,1-2H3,(H,22,23). The molecule has 0 aliphatic heterocycles. The van der Waals surface area contributed by atoms with Gasteiger partial charge in [-0.3, -0.25) is 15.2 Å². The fourth-order valence-electron chi connectivity index (χ4n) is 3.77. The highest BCUT2D eigenvalue weighted by Crippen LogP contribution is 2.29. The first kappa shape index (κ1) is 22.2. The number of benzene rings is 1. The van der Waals surface area contributed by atoms with E-state index in [4.69, 9.17) is 0 Å². The second-order valence-corrected chi connectivity index (χ2v) is 9.78. The van der Waals surface area contributed by atoms with Crippen LogP contribution >= 0.6 is 0 Å². The lowest BCUT2D eigenvalue weighted by Crippen LogP contribution is -2.37. The molecule has 3 rings (SSSR count). The summed E-state index contributed by atoms with van der Waals surface area (Å²) in [4.78, 5) is 10.9. The summed E-state index contributed by atoms with van der Waals surface area (Å²) in [6.45, 7) is 4.63. The molecule has 0 spiro atoms.